The largest absolute Gasteiger partial charge is 0.398 e. The van der Waals surface area contributed by atoms with Gasteiger partial charge < -0.3 is 0 Å². The van der Waals surface area contributed by atoms with Gasteiger partial charge in [-0.1, -0.05) is 58.0 Å². The van der Waals surface area contributed by atoms with Crippen LogP contribution in [0.3, 0.4) is 0 Å². The van der Waals surface area contributed by atoms with Crippen molar-refractivity contribution in [1.82, 2.24) is 4.98 Å². The Morgan fingerprint density at radius 2 is 1.64 bits per heavy atom. The van der Waals surface area contributed by atoms with Crippen LogP contribution in [0, 0.1) is 5.92 Å². The van der Waals surface area contributed by atoms with Crippen LogP contribution in [-0.4, -0.2) is 11.2 Å². The quantitative estimate of drug-likeness (QED) is 0.545. The van der Waals surface area contributed by atoms with E-state index >= 15 is 0 Å². The molecule has 2 aliphatic rings. The number of hydrogen-bond donors (Lipinski definition) is 0. The molecule has 2 aliphatic carbocycles. The van der Waals surface area contributed by atoms with Crippen molar-refractivity contribution >= 4 is 0 Å². The van der Waals surface area contributed by atoms with Crippen LogP contribution < -0.4 is 0 Å². The SMILES string of the molecule is CC(C)c1ccc(C2CC2C(C)(C)c2ccc(C3(C(F)(F)F)CC3)cc2)nc1. The van der Waals surface area contributed by atoms with Gasteiger partial charge in [0.05, 0.1) is 5.41 Å². The standard InChI is InChI=1S/C24H28F3N/c1-15(2)16-5-10-21(28-14-16)19-13-20(19)22(3,4)17-6-8-18(9-7-17)23(11-12-23)24(25,26)27/h5-10,14-15,19-20H,11-13H2,1-4H3. The smallest absolute Gasteiger partial charge is 0.261 e. The predicted octanol–water partition coefficient (Wildman–Crippen LogP) is 6.88. The number of alkyl halides is 3. The van der Waals surface area contributed by atoms with Crippen LogP contribution in [0.25, 0.3) is 0 Å². The summed E-state index contributed by atoms with van der Waals surface area (Å²) in [6.07, 6.45) is -0.679. The Morgan fingerprint density at radius 1 is 1.00 bits per heavy atom. The molecule has 0 saturated heterocycles. The lowest BCUT2D eigenvalue weighted by Crippen LogP contribution is -2.29. The zero-order valence-electron chi connectivity index (χ0n) is 17.0. The molecule has 4 rings (SSSR count). The van der Waals surface area contributed by atoms with E-state index in [0.717, 1.165) is 17.7 Å². The Labute approximate surface area is 165 Å². The van der Waals surface area contributed by atoms with Crippen molar-refractivity contribution in [1.29, 1.82) is 0 Å². The monoisotopic (exact) mass is 387 g/mol. The van der Waals surface area contributed by atoms with E-state index in [1.54, 1.807) is 12.1 Å². The van der Waals surface area contributed by atoms with Crippen molar-refractivity contribution < 1.29 is 13.2 Å². The zero-order valence-corrected chi connectivity index (χ0v) is 17.0. The minimum atomic E-state index is -4.15. The second-order valence-corrected chi connectivity index (χ2v) is 9.50. The van der Waals surface area contributed by atoms with E-state index in [-0.39, 0.29) is 18.3 Å². The van der Waals surface area contributed by atoms with Crippen LogP contribution >= 0.6 is 0 Å². The number of pyridine rings is 1. The van der Waals surface area contributed by atoms with Gasteiger partial charge >= 0.3 is 6.18 Å². The molecule has 4 heteroatoms. The molecule has 0 spiro atoms. The highest BCUT2D eigenvalue weighted by Gasteiger charge is 2.64. The second-order valence-electron chi connectivity index (χ2n) is 9.50. The Morgan fingerprint density at radius 3 is 2.11 bits per heavy atom. The van der Waals surface area contributed by atoms with Crippen LogP contribution in [0.2, 0.25) is 0 Å². The van der Waals surface area contributed by atoms with E-state index in [4.69, 9.17) is 0 Å². The molecule has 1 aromatic heterocycles. The maximum atomic E-state index is 13.4. The summed E-state index contributed by atoms with van der Waals surface area (Å²) in [7, 11) is 0. The lowest BCUT2D eigenvalue weighted by Gasteiger charge is -2.27. The maximum absolute atomic E-state index is 13.4. The summed E-state index contributed by atoms with van der Waals surface area (Å²) in [4.78, 5) is 4.68. The molecule has 0 radical (unpaired) electrons. The predicted molar refractivity (Wildman–Crippen MR) is 106 cm³/mol. The van der Waals surface area contributed by atoms with Gasteiger partial charge in [-0.3, -0.25) is 4.98 Å². The average Bonchev–Trinajstić information content (AvgIpc) is 3.54. The molecule has 150 valence electrons. The van der Waals surface area contributed by atoms with Gasteiger partial charge in [-0.2, -0.15) is 13.2 Å². The summed E-state index contributed by atoms with van der Waals surface area (Å²) in [5, 5.41) is 0. The van der Waals surface area contributed by atoms with Gasteiger partial charge in [0, 0.05) is 17.8 Å². The van der Waals surface area contributed by atoms with Gasteiger partial charge in [-0.05, 0) is 59.3 Å². The van der Waals surface area contributed by atoms with Crippen molar-refractivity contribution in [3.63, 3.8) is 0 Å². The molecule has 2 unspecified atom stereocenters. The first kappa shape index (κ1) is 19.5. The summed E-state index contributed by atoms with van der Waals surface area (Å²) in [5.74, 6) is 1.37. The topological polar surface area (TPSA) is 12.9 Å². The zero-order chi connectivity index (χ0) is 20.3. The molecule has 2 fully saturated rings. The minimum Gasteiger partial charge on any atom is -0.261 e. The molecule has 28 heavy (non-hydrogen) atoms. The van der Waals surface area contributed by atoms with Crippen LogP contribution in [-0.2, 0) is 10.8 Å². The Balaban J connectivity index is 1.50. The molecule has 2 aromatic rings. The first-order valence-corrected chi connectivity index (χ1v) is 10.2. The van der Waals surface area contributed by atoms with E-state index in [1.807, 2.05) is 18.3 Å². The number of hydrogen-bond acceptors (Lipinski definition) is 1. The highest BCUT2D eigenvalue weighted by Crippen LogP contribution is 2.60. The molecular formula is C24H28F3N. The molecule has 2 saturated carbocycles. The van der Waals surface area contributed by atoms with Crippen LogP contribution in [0.4, 0.5) is 13.2 Å². The summed E-state index contributed by atoms with van der Waals surface area (Å²) >= 11 is 0. The minimum absolute atomic E-state index is 0.0868. The third kappa shape index (κ3) is 3.15. The molecule has 1 aromatic carbocycles. The van der Waals surface area contributed by atoms with Crippen molar-refractivity contribution in [2.75, 3.05) is 0 Å². The highest BCUT2D eigenvalue weighted by atomic mass is 19.4. The van der Waals surface area contributed by atoms with E-state index in [1.165, 1.54) is 5.56 Å². The molecule has 2 atom stereocenters. The van der Waals surface area contributed by atoms with Gasteiger partial charge in [0.1, 0.15) is 0 Å². The Kier molecular flexibility index (Phi) is 4.40. The molecule has 1 nitrogen and oxygen atoms in total. The molecule has 1 heterocycles. The number of aromatic nitrogens is 1. The van der Waals surface area contributed by atoms with E-state index in [0.29, 0.717) is 23.3 Å². The second kappa shape index (κ2) is 6.33. The Bertz CT molecular complexity index is 843. The third-order valence-electron chi connectivity index (χ3n) is 7.05. The van der Waals surface area contributed by atoms with Crippen LogP contribution in [0.1, 0.15) is 81.2 Å². The van der Waals surface area contributed by atoms with Gasteiger partial charge in [-0.15, -0.1) is 0 Å². The molecular weight excluding hydrogens is 359 g/mol. The lowest BCUT2D eigenvalue weighted by atomic mass is 9.78. The van der Waals surface area contributed by atoms with Crippen LogP contribution in [0.15, 0.2) is 42.6 Å². The lowest BCUT2D eigenvalue weighted by molar-refractivity contribution is -0.160. The highest BCUT2D eigenvalue weighted by molar-refractivity contribution is 5.39. The van der Waals surface area contributed by atoms with Gasteiger partial charge in [0.25, 0.3) is 0 Å². The summed E-state index contributed by atoms with van der Waals surface area (Å²) in [6, 6.07) is 11.5. The van der Waals surface area contributed by atoms with E-state index in [2.05, 4.69) is 44.8 Å². The van der Waals surface area contributed by atoms with Crippen molar-refractivity contribution in [2.24, 2.45) is 5.92 Å². The summed E-state index contributed by atoms with van der Waals surface area (Å²) in [6.45, 7) is 8.72. The number of nitrogens with zero attached hydrogens (tertiary/aromatic N) is 1. The van der Waals surface area contributed by atoms with Crippen molar-refractivity contribution in [3.8, 4) is 0 Å². The molecule has 0 bridgehead atoms. The Hall–Kier alpha value is -1.84. The maximum Gasteiger partial charge on any atom is 0.398 e. The molecule has 0 aliphatic heterocycles. The normalized spacial score (nSPS) is 23.7. The van der Waals surface area contributed by atoms with E-state index < -0.39 is 11.6 Å². The third-order valence-corrected chi connectivity index (χ3v) is 7.05. The van der Waals surface area contributed by atoms with Crippen molar-refractivity contribution in [3.05, 3.63) is 65.0 Å². The number of rotatable bonds is 5. The summed E-state index contributed by atoms with van der Waals surface area (Å²) in [5.41, 5.74) is 2.22. The summed E-state index contributed by atoms with van der Waals surface area (Å²) < 4.78 is 40.1. The average molecular weight is 387 g/mol. The van der Waals surface area contributed by atoms with Gasteiger partial charge in [0.2, 0.25) is 0 Å². The van der Waals surface area contributed by atoms with Gasteiger partial charge in [0.15, 0.2) is 0 Å². The molecule has 0 amide bonds. The first-order valence-electron chi connectivity index (χ1n) is 10.2. The fourth-order valence-corrected chi connectivity index (χ4v) is 4.59. The van der Waals surface area contributed by atoms with Crippen LogP contribution in [0.5, 0.6) is 0 Å². The number of halogens is 3. The van der Waals surface area contributed by atoms with E-state index in [9.17, 15) is 13.2 Å². The first-order chi connectivity index (χ1) is 13.1. The van der Waals surface area contributed by atoms with Crippen molar-refractivity contribution in [2.45, 2.75) is 75.8 Å². The fourth-order valence-electron chi connectivity index (χ4n) is 4.59. The van der Waals surface area contributed by atoms with Gasteiger partial charge in [-0.25, -0.2) is 0 Å². The number of benzene rings is 1. The fraction of sp³-hybridized carbons (Fsp3) is 0.542. The molecule has 0 N–H and O–H groups in total.